The number of benzene rings is 1. The van der Waals surface area contributed by atoms with Crippen molar-refractivity contribution in [3.8, 4) is 0 Å². The number of rotatable bonds is 3. The molecule has 0 amide bonds. The summed E-state index contributed by atoms with van der Waals surface area (Å²) in [5.74, 6) is 0. The van der Waals surface area contributed by atoms with Gasteiger partial charge in [-0.05, 0) is 25.1 Å². The Morgan fingerprint density at radius 2 is 1.74 bits per heavy atom. The van der Waals surface area contributed by atoms with Gasteiger partial charge >= 0.3 is 0 Å². The lowest BCUT2D eigenvalue weighted by Gasteiger charge is -2.09. The fourth-order valence-corrected chi connectivity index (χ4v) is 3.82. The highest BCUT2D eigenvalue weighted by Crippen LogP contribution is 2.22. The molecule has 1 aromatic carbocycles. The molecule has 0 radical (unpaired) electrons. The van der Waals surface area contributed by atoms with Gasteiger partial charge in [0.25, 0.3) is 15.6 Å². The fourth-order valence-electron chi connectivity index (χ4n) is 2.48. The number of hydrogen-bond acceptors (Lipinski definition) is 4. The molecule has 0 fully saturated rings. The van der Waals surface area contributed by atoms with Gasteiger partial charge in [-0.15, -0.1) is 0 Å². The SMILES string of the molecule is Cc1ccc(S(=O)(=O)n2ccc3c(C=O)cn(C)c(=O)c32)cc1. The third-order valence-electron chi connectivity index (χ3n) is 3.72. The maximum absolute atomic E-state index is 12.8. The van der Waals surface area contributed by atoms with Gasteiger partial charge in [0, 0.05) is 30.4 Å². The monoisotopic (exact) mass is 330 g/mol. The van der Waals surface area contributed by atoms with Gasteiger partial charge in [-0.2, -0.15) is 0 Å². The molecule has 2 heterocycles. The molecule has 0 aliphatic heterocycles. The van der Waals surface area contributed by atoms with Crippen molar-refractivity contribution in [1.29, 1.82) is 0 Å². The third kappa shape index (κ3) is 2.29. The summed E-state index contributed by atoms with van der Waals surface area (Å²) in [7, 11) is -2.44. The van der Waals surface area contributed by atoms with Crippen LogP contribution in [0.15, 0.2) is 52.4 Å². The molecule has 23 heavy (non-hydrogen) atoms. The van der Waals surface area contributed by atoms with Gasteiger partial charge < -0.3 is 4.57 Å². The Bertz CT molecular complexity index is 1070. The smallest absolute Gasteiger partial charge is 0.275 e. The quantitative estimate of drug-likeness (QED) is 0.685. The number of aldehydes is 1. The normalized spacial score (nSPS) is 11.7. The molecular formula is C16H14N2O4S. The van der Waals surface area contributed by atoms with Crippen molar-refractivity contribution in [3.63, 3.8) is 0 Å². The van der Waals surface area contributed by atoms with Crippen LogP contribution in [0.2, 0.25) is 0 Å². The minimum Gasteiger partial charge on any atom is -0.316 e. The second kappa shape index (κ2) is 5.20. The molecule has 3 rings (SSSR count). The lowest BCUT2D eigenvalue weighted by molar-refractivity contribution is 0.112. The molecule has 0 aliphatic rings. The number of hydrogen-bond donors (Lipinski definition) is 0. The number of fused-ring (bicyclic) bond motifs is 1. The van der Waals surface area contributed by atoms with Crippen LogP contribution in [-0.4, -0.2) is 23.2 Å². The van der Waals surface area contributed by atoms with E-state index in [0.717, 1.165) is 9.54 Å². The van der Waals surface area contributed by atoms with E-state index in [0.29, 0.717) is 11.7 Å². The van der Waals surface area contributed by atoms with E-state index in [9.17, 15) is 18.0 Å². The summed E-state index contributed by atoms with van der Waals surface area (Å²) in [6.07, 6.45) is 3.29. The number of aromatic nitrogens is 2. The van der Waals surface area contributed by atoms with Gasteiger partial charge in [-0.1, -0.05) is 17.7 Å². The Kier molecular flexibility index (Phi) is 3.45. The first-order chi connectivity index (χ1) is 10.9. The molecule has 0 N–H and O–H groups in total. The van der Waals surface area contributed by atoms with Crippen LogP contribution >= 0.6 is 0 Å². The maximum Gasteiger partial charge on any atom is 0.275 e. The van der Waals surface area contributed by atoms with E-state index < -0.39 is 15.6 Å². The van der Waals surface area contributed by atoms with Gasteiger partial charge in [0.1, 0.15) is 5.52 Å². The Hall–Kier alpha value is -2.67. The predicted molar refractivity (Wildman–Crippen MR) is 86.3 cm³/mol. The van der Waals surface area contributed by atoms with E-state index >= 15 is 0 Å². The van der Waals surface area contributed by atoms with Gasteiger partial charge in [0.05, 0.1) is 4.90 Å². The average molecular weight is 330 g/mol. The van der Waals surface area contributed by atoms with Crippen molar-refractivity contribution < 1.29 is 13.2 Å². The Labute approximate surface area is 132 Å². The molecule has 0 bridgehead atoms. The molecule has 0 atom stereocenters. The van der Waals surface area contributed by atoms with Crippen molar-refractivity contribution >= 4 is 27.2 Å². The zero-order chi connectivity index (χ0) is 16.8. The van der Waals surface area contributed by atoms with Crippen molar-refractivity contribution in [2.24, 2.45) is 7.05 Å². The Morgan fingerprint density at radius 3 is 2.35 bits per heavy atom. The lowest BCUT2D eigenvalue weighted by atomic mass is 10.2. The van der Waals surface area contributed by atoms with Crippen LogP contribution in [0.5, 0.6) is 0 Å². The van der Waals surface area contributed by atoms with Crippen LogP contribution in [0.4, 0.5) is 0 Å². The molecule has 6 nitrogen and oxygen atoms in total. The van der Waals surface area contributed by atoms with Crippen LogP contribution in [0, 0.1) is 6.92 Å². The van der Waals surface area contributed by atoms with E-state index in [1.807, 2.05) is 6.92 Å². The molecule has 0 aliphatic carbocycles. The highest BCUT2D eigenvalue weighted by atomic mass is 32.2. The van der Waals surface area contributed by atoms with Crippen molar-refractivity contribution in [3.05, 3.63) is 64.2 Å². The van der Waals surface area contributed by atoms with Crippen LogP contribution in [0.25, 0.3) is 10.9 Å². The molecular weight excluding hydrogens is 316 g/mol. The van der Waals surface area contributed by atoms with E-state index in [-0.39, 0.29) is 16.0 Å². The molecule has 7 heteroatoms. The summed E-state index contributed by atoms with van der Waals surface area (Å²) >= 11 is 0. The van der Waals surface area contributed by atoms with Crippen LogP contribution in [0.1, 0.15) is 15.9 Å². The second-order valence-electron chi connectivity index (χ2n) is 5.31. The van der Waals surface area contributed by atoms with E-state index in [1.54, 1.807) is 12.1 Å². The minimum atomic E-state index is -3.92. The van der Waals surface area contributed by atoms with Gasteiger partial charge in [-0.25, -0.2) is 12.4 Å². The molecule has 0 saturated carbocycles. The van der Waals surface area contributed by atoms with Crippen molar-refractivity contribution in [1.82, 2.24) is 8.54 Å². The molecule has 0 saturated heterocycles. The van der Waals surface area contributed by atoms with Crippen LogP contribution < -0.4 is 5.56 Å². The van der Waals surface area contributed by atoms with E-state index in [4.69, 9.17) is 0 Å². The van der Waals surface area contributed by atoms with Crippen LogP contribution in [-0.2, 0) is 17.1 Å². The first kappa shape index (κ1) is 15.2. The summed E-state index contributed by atoms with van der Waals surface area (Å²) in [6, 6.07) is 7.82. The van der Waals surface area contributed by atoms with Gasteiger partial charge in [-0.3, -0.25) is 9.59 Å². The molecule has 0 unspecified atom stereocenters. The highest BCUT2D eigenvalue weighted by Gasteiger charge is 2.22. The number of carbonyl (C=O) groups is 1. The third-order valence-corrected chi connectivity index (χ3v) is 5.41. The molecule has 3 aromatic rings. The Morgan fingerprint density at radius 1 is 1.09 bits per heavy atom. The first-order valence-corrected chi connectivity index (χ1v) is 8.28. The zero-order valence-electron chi connectivity index (χ0n) is 12.6. The molecule has 118 valence electrons. The average Bonchev–Trinajstić information content (AvgIpc) is 2.97. The maximum atomic E-state index is 12.8. The van der Waals surface area contributed by atoms with Crippen LogP contribution in [0.3, 0.4) is 0 Å². The Balaban J connectivity index is 2.37. The topological polar surface area (TPSA) is 78.1 Å². The minimum absolute atomic E-state index is 0.0299. The summed E-state index contributed by atoms with van der Waals surface area (Å²) < 4.78 is 27.8. The fraction of sp³-hybridized carbons (Fsp3) is 0.125. The first-order valence-electron chi connectivity index (χ1n) is 6.84. The molecule has 2 aromatic heterocycles. The van der Waals surface area contributed by atoms with E-state index in [2.05, 4.69) is 0 Å². The standard InChI is InChI=1S/C16H14N2O4S/c1-11-3-5-13(6-4-11)23(21,22)18-8-7-14-12(10-19)9-17(2)16(20)15(14)18/h3-10H,1-2H3. The highest BCUT2D eigenvalue weighted by molar-refractivity contribution is 7.90. The number of nitrogens with zero attached hydrogens (tertiary/aromatic N) is 2. The largest absolute Gasteiger partial charge is 0.316 e. The van der Waals surface area contributed by atoms with Gasteiger partial charge in [0.15, 0.2) is 6.29 Å². The second-order valence-corrected chi connectivity index (χ2v) is 7.13. The zero-order valence-corrected chi connectivity index (χ0v) is 13.4. The number of carbonyl (C=O) groups excluding carboxylic acids is 1. The summed E-state index contributed by atoms with van der Waals surface area (Å²) in [6.45, 7) is 1.85. The van der Waals surface area contributed by atoms with Gasteiger partial charge in [0.2, 0.25) is 0 Å². The summed E-state index contributed by atoms with van der Waals surface area (Å²) in [5, 5.41) is 0.318. The lowest BCUT2D eigenvalue weighted by Crippen LogP contribution is -2.22. The number of pyridine rings is 1. The van der Waals surface area contributed by atoms with E-state index in [1.165, 1.54) is 42.2 Å². The summed E-state index contributed by atoms with van der Waals surface area (Å²) in [4.78, 5) is 23.6. The predicted octanol–water partition coefficient (Wildman–Crippen LogP) is 1.70. The molecule has 0 spiro atoms. The summed E-state index contributed by atoms with van der Waals surface area (Å²) in [5.41, 5.74) is 0.685. The van der Waals surface area contributed by atoms with Crippen molar-refractivity contribution in [2.45, 2.75) is 11.8 Å². The number of aryl methyl sites for hydroxylation is 2. The van der Waals surface area contributed by atoms with Crippen molar-refractivity contribution in [2.75, 3.05) is 0 Å².